The zero-order valence-corrected chi connectivity index (χ0v) is 24.2. The van der Waals surface area contributed by atoms with Gasteiger partial charge in [0.1, 0.15) is 30.5 Å². The number of amides is 1. The lowest BCUT2D eigenvalue weighted by Crippen LogP contribution is -2.66. The first kappa shape index (κ1) is 36.3. The number of nitrogens with one attached hydrogen (secondary N) is 1. The van der Waals surface area contributed by atoms with E-state index in [9.17, 15) is 35.5 Å². The number of hydrogen-bond donors (Lipinski definition) is 12. The standard InChI is InChI=1S/C25H51N7O11/c26-2-1-4-31-13-8-14(34)15(9-28)40-24(13)43-23-12(29)6-11(7-17(35)32(39)5-3-27)22(21(23)38)42-25-20(37)18(30)19(36)16(10-33)41-25/h11-16,18-25,31,33-34,36-39H,1-10,26-30H2/t11-,12-,13+,14-,15+,16+,18-,19+,20+,21+,22-,23+,24+,25+/m0/s1. The van der Waals surface area contributed by atoms with Gasteiger partial charge in [-0.2, -0.15) is 0 Å². The van der Waals surface area contributed by atoms with Crippen molar-refractivity contribution in [2.75, 3.05) is 39.3 Å². The Bertz CT molecular complexity index is 851. The van der Waals surface area contributed by atoms with E-state index in [-0.39, 0.29) is 38.9 Å². The number of hydroxylamine groups is 2. The number of nitrogens with two attached hydrogens (primary N) is 5. The summed E-state index contributed by atoms with van der Waals surface area (Å²) in [7, 11) is 0. The molecule has 3 fully saturated rings. The fourth-order valence-corrected chi connectivity index (χ4v) is 5.81. The van der Waals surface area contributed by atoms with Crippen molar-refractivity contribution in [2.24, 2.45) is 34.6 Å². The van der Waals surface area contributed by atoms with E-state index in [1.54, 1.807) is 0 Å². The molecule has 0 spiro atoms. The lowest BCUT2D eigenvalue weighted by molar-refractivity contribution is -0.320. The number of carbonyl (C=O) groups is 1. The van der Waals surface area contributed by atoms with Crippen molar-refractivity contribution in [2.45, 2.75) is 105 Å². The molecule has 2 saturated heterocycles. The second-order valence-corrected chi connectivity index (χ2v) is 11.4. The molecule has 0 aromatic rings. The summed E-state index contributed by atoms with van der Waals surface area (Å²) in [5, 5.41) is 66.5. The average molecular weight is 626 g/mol. The van der Waals surface area contributed by atoms with Crippen LogP contribution in [0.4, 0.5) is 0 Å². The molecule has 2 aliphatic heterocycles. The van der Waals surface area contributed by atoms with Crippen LogP contribution in [-0.2, 0) is 23.7 Å². The van der Waals surface area contributed by atoms with Crippen LogP contribution in [0.1, 0.15) is 25.7 Å². The van der Waals surface area contributed by atoms with Crippen molar-refractivity contribution in [3.05, 3.63) is 0 Å². The zero-order valence-electron chi connectivity index (χ0n) is 24.2. The van der Waals surface area contributed by atoms with Crippen LogP contribution in [0, 0.1) is 5.92 Å². The van der Waals surface area contributed by atoms with Crippen molar-refractivity contribution in [1.82, 2.24) is 10.4 Å². The Kier molecular flexibility index (Phi) is 14.3. The highest BCUT2D eigenvalue weighted by atomic mass is 16.7. The predicted molar refractivity (Wildman–Crippen MR) is 149 cm³/mol. The lowest BCUT2D eigenvalue weighted by atomic mass is 9.77. The molecule has 18 heteroatoms. The predicted octanol–water partition coefficient (Wildman–Crippen LogP) is -6.46. The van der Waals surface area contributed by atoms with E-state index in [2.05, 4.69) is 5.32 Å². The van der Waals surface area contributed by atoms with Gasteiger partial charge >= 0.3 is 0 Å². The monoisotopic (exact) mass is 625 g/mol. The Labute approximate surface area is 250 Å². The highest BCUT2D eigenvalue weighted by molar-refractivity contribution is 5.75. The normalized spacial score (nSPS) is 42.1. The molecule has 0 radical (unpaired) electrons. The number of rotatable bonds is 14. The highest BCUT2D eigenvalue weighted by Crippen LogP contribution is 2.36. The van der Waals surface area contributed by atoms with Crippen molar-refractivity contribution >= 4 is 5.91 Å². The maximum atomic E-state index is 12.7. The van der Waals surface area contributed by atoms with Crippen molar-refractivity contribution < 1.29 is 54.5 Å². The summed E-state index contributed by atoms with van der Waals surface area (Å²) >= 11 is 0. The van der Waals surface area contributed by atoms with Crippen molar-refractivity contribution in [3.8, 4) is 0 Å². The topological polar surface area (TPSA) is 321 Å². The zero-order chi connectivity index (χ0) is 31.8. The quantitative estimate of drug-likeness (QED) is 0.0485. The smallest absolute Gasteiger partial charge is 0.246 e. The van der Waals surface area contributed by atoms with Crippen LogP contribution < -0.4 is 34.0 Å². The molecule has 0 unspecified atom stereocenters. The molecule has 252 valence electrons. The van der Waals surface area contributed by atoms with Gasteiger partial charge in [0.05, 0.1) is 43.5 Å². The highest BCUT2D eigenvalue weighted by Gasteiger charge is 2.51. The van der Waals surface area contributed by atoms with Crippen molar-refractivity contribution in [3.63, 3.8) is 0 Å². The van der Waals surface area contributed by atoms with Gasteiger partial charge in [-0.15, -0.1) is 0 Å². The van der Waals surface area contributed by atoms with Crippen LogP contribution in [0.5, 0.6) is 0 Å². The minimum atomic E-state index is -1.56. The number of hydrogen-bond acceptors (Lipinski definition) is 17. The van der Waals surface area contributed by atoms with Crippen LogP contribution >= 0.6 is 0 Å². The van der Waals surface area contributed by atoms with Gasteiger partial charge in [0, 0.05) is 25.6 Å². The van der Waals surface area contributed by atoms with E-state index >= 15 is 0 Å². The number of ether oxygens (including phenoxy) is 4. The van der Waals surface area contributed by atoms with E-state index in [0.717, 1.165) is 0 Å². The molecule has 0 bridgehead atoms. The molecule has 43 heavy (non-hydrogen) atoms. The van der Waals surface area contributed by atoms with Crippen LogP contribution in [0.25, 0.3) is 0 Å². The number of carbonyl (C=O) groups excluding carboxylic acids is 1. The summed E-state index contributed by atoms with van der Waals surface area (Å²) in [5.41, 5.74) is 29.3. The molecule has 3 rings (SSSR count). The summed E-state index contributed by atoms with van der Waals surface area (Å²) in [6.45, 7) is 0.220. The fourth-order valence-electron chi connectivity index (χ4n) is 5.81. The van der Waals surface area contributed by atoms with E-state index in [4.69, 9.17) is 47.6 Å². The first-order valence-electron chi connectivity index (χ1n) is 14.8. The summed E-state index contributed by atoms with van der Waals surface area (Å²) in [5.74, 6) is -1.51. The molecule has 1 aliphatic carbocycles. The Balaban J connectivity index is 1.85. The molecule has 14 atom stereocenters. The maximum Gasteiger partial charge on any atom is 0.246 e. The van der Waals surface area contributed by atoms with E-state index in [0.29, 0.717) is 24.6 Å². The number of nitrogens with zero attached hydrogens (tertiary/aromatic N) is 1. The van der Waals surface area contributed by atoms with Crippen molar-refractivity contribution in [1.29, 1.82) is 0 Å². The molecule has 18 nitrogen and oxygen atoms in total. The minimum absolute atomic E-state index is 0.0100. The molecular weight excluding hydrogens is 574 g/mol. The summed E-state index contributed by atoms with van der Waals surface area (Å²) in [6, 6.07) is -2.61. The molecular formula is C25H51N7O11. The third-order valence-corrected chi connectivity index (χ3v) is 8.30. The van der Waals surface area contributed by atoms with Crippen LogP contribution in [-0.4, -0.2) is 161 Å². The van der Waals surface area contributed by atoms with E-state index in [1.807, 2.05) is 0 Å². The molecule has 2 heterocycles. The summed E-state index contributed by atoms with van der Waals surface area (Å²) < 4.78 is 23.8. The summed E-state index contributed by atoms with van der Waals surface area (Å²) in [6.07, 6.45) is -11.5. The van der Waals surface area contributed by atoms with Gasteiger partial charge in [-0.1, -0.05) is 0 Å². The van der Waals surface area contributed by atoms with E-state index < -0.39 is 98.0 Å². The summed E-state index contributed by atoms with van der Waals surface area (Å²) in [4.78, 5) is 12.7. The van der Waals surface area contributed by atoms with E-state index in [1.165, 1.54) is 0 Å². The van der Waals surface area contributed by atoms with Gasteiger partial charge < -0.3 is 78.5 Å². The molecule has 0 aromatic heterocycles. The lowest BCUT2D eigenvalue weighted by Gasteiger charge is -2.49. The third-order valence-electron chi connectivity index (χ3n) is 8.30. The maximum absolute atomic E-state index is 12.7. The third kappa shape index (κ3) is 8.97. The molecule has 3 aliphatic rings. The first-order chi connectivity index (χ1) is 20.5. The van der Waals surface area contributed by atoms with Gasteiger partial charge in [-0.05, 0) is 38.3 Å². The van der Waals surface area contributed by atoms with Crippen LogP contribution in [0.3, 0.4) is 0 Å². The van der Waals surface area contributed by atoms with Gasteiger partial charge in [0.2, 0.25) is 5.91 Å². The van der Waals surface area contributed by atoms with Gasteiger partial charge in [0.15, 0.2) is 12.6 Å². The van der Waals surface area contributed by atoms with Gasteiger partial charge in [-0.25, -0.2) is 5.06 Å². The molecule has 0 aromatic carbocycles. The average Bonchev–Trinajstić information content (AvgIpc) is 2.98. The molecule has 1 saturated carbocycles. The van der Waals surface area contributed by atoms with Gasteiger partial charge in [0.25, 0.3) is 0 Å². The Morgan fingerprint density at radius 3 is 2.21 bits per heavy atom. The number of aliphatic hydroxyl groups excluding tert-OH is 5. The fraction of sp³-hybridized carbons (Fsp3) is 0.960. The Morgan fingerprint density at radius 2 is 1.58 bits per heavy atom. The van der Waals surface area contributed by atoms with Crippen LogP contribution in [0.2, 0.25) is 0 Å². The first-order valence-corrected chi connectivity index (χ1v) is 14.8. The second-order valence-electron chi connectivity index (χ2n) is 11.4. The molecule has 17 N–H and O–H groups in total. The minimum Gasteiger partial charge on any atom is -0.394 e. The molecule has 1 amide bonds. The Morgan fingerprint density at radius 1 is 0.907 bits per heavy atom. The van der Waals surface area contributed by atoms with Crippen LogP contribution in [0.15, 0.2) is 0 Å². The van der Waals surface area contributed by atoms with Gasteiger partial charge in [-0.3, -0.25) is 10.0 Å². The second kappa shape index (κ2) is 16.9. The number of aliphatic hydroxyl groups is 5. The SMILES string of the molecule is NCCCN[C@@H]1C[C@H](O)[C@@H](CN)O[C@@H]1O[C@H]1[C@H](O)[C@@H](O[C@H]2O[C@H](CO)[C@@H](O)[C@H](N)[C@H]2O)[C@H](CC(=O)N(O)CCN)C[C@@H]1N. The Hall–Kier alpha value is -1.17. The largest absolute Gasteiger partial charge is 0.394 e.